The van der Waals surface area contributed by atoms with Crippen LogP contribution in [0.3, 0.4) is 0 Å². The smallest absolute Gasteiger partial charge is 0.128 e. The summed E-state index contributed by atoms with van der Waals surface area (Å²) in [5.41, 5.74) is 6.76. The highest BCUT2D eigenvalue weighted by atomic mass is 35.5. The molecule has 2 rings (SSSR count). The number of benzene rings is 1. The molecule has 3 nitrogen and oxygen atoms in total. The normalized spacial score (nSPS) is 12.4. The number of nitrogens with one attached hydrogen (secondary N) is 1. The molecule has 3 N–H and O–H groups in total. The third-order valence-corrected chi connectivity index (χ3v) is 2.94. The van der Waals surface area contributed by atoms with Crippen LogP contribution in [-0.2, 0) is 0 Å². The quantitative estimate of drug-likeness (QED) is 0.911. The van der Waals surface area contributed by atoms with Crippen LogP contribution in [0.5, 0.6) is 0 Å². The number of pyridine rings is 1. The Labute approximate surface area is 114 Å². The van der Waals surface area contributed by atoms with Gasteiger partial charge in [-0.3, -0.25) is 0 Å². The first-order chi connectivity index (χ1) is 9.01. The van der Waals surface area contributed by atoms with Gasteiger partial charge in [0, 0.05) is 17.8 Å². The van der Waals surface area contributed by atoms with Gasteiger partial charge in [-0.15, -0.1) is 0 Å². The average Bonchev–Trinajstić information content (AvgIpc) is 2.33. The molecule has 0 aliphatic carbocycles. The molecule has 0 amide bonds. The van der Waals surface area contributed by atoms with Gasteiger partial charge in [-0.05, 0) is 30.8 Å². The molecule has 0 spiro atoms. The first kappa shape index (κ1) is 13.7. The Kier molecular flexibility index (Phi) is 3.97. The molecule has 1 aromatic carbocycles. The molecule has 0 saturated heterocycles. The van der Waals surface area contributed by atoms with Crippen molar-refractivity contribution in [2.45, 2.75) is 6.04 Å². The molecule has 0 aliphatic heterocycles. The largest absolute Gasteiger partial charge is 0.383 e. The SMILES string of the molecule is CNC(c1cc(F)cc(F)c1)c1cc(Cl)cnc1N. The summed E-state index contributed by atoms with van der Waals surface area (Å²) in [6, 6.07) is 4.43. The number of nitrogen functional groups attached to an aromatic ring is 1. The van der Waals surface area contributed by atoms with E-state index in [0.29, 0.717) is 16.1 Å². The number of nitrogens with two attached hydrogens (primary N) is 1. The van der Waals surface area contributed by atoms with Crippen molar-refractivity contribution in [1.82, 2.24) is 10.3 Å². The molecule has 0 radical (unpaired) electrons. The Hall–Kier alpha value is -1.72. The van der Waals surface area contributed by atoms with E-state index in [1.165, 1.54) is 18.3 Å². The van der Waals surface area contributed by atoms with Crippen molar-refractivity contribution < 1.29 is 8.78 Å². The molecule has 0 saturated carbocycles. The van der Waals surface area contributed by atoms with E-state index in [1.807, 2.05) is 0 Å². The average molecular weight is 284 g/mol. The van der Waals surface area contributed by atoms with E-state index in [-0.39, 0.29) is 5.82 Å². The lowest BCUT2D eigenvalue weighted by atomic mass is 9.99. The van der Waals surface area contributed by atoms with E-state index in [9.17, 15) is 8.78 Å². The summed E-state index contributed by atoms with van der Waals surface area (Å²) in [6.07, 6.45) is 1.42. The fourth-order valence-corrected chi connectivity index (χ4v) is 2.11. The highest BCUT2D eigenvalue weighted by Gasteiger charge is 2.17. The highest BCUT2D eigenvalue weighted by molar-refractivity contribution is 6.30. The van der Waals surface area contributed by atoms with Crippen LogP contribution >= 0.6 is 11.6 Å². The molecular weight excluding hydrogens is 272 g/mol. The van der Waals surface area contributed by atoms with Crippen molar-refractivity contribution in [3.8, 4) is 0 Å². The van der Waals surface area contributed by atoms with E-state index >= 15 is 0 Å². The summed E-state index contributed by atoms with van der Waals surface area (Å²) in [4.78, 5) is 3.94. The maximum atomic E-state index is 13.3. The zero-order chi connectivity index (χ0) is 14.0. The maximum absolute atomic E-state index is 13.3. The molecular formula is C13H12ClF2N3. The minimum atomic E-state index is -0.649. The van der Waals surface area contributed by atoms with Gasteiger partial charge in [0.15, 0.2) is 0 Å². The van der Waals surface area contributed by atoms with E-state index < -0.39 is 17.7 Å². The molecule has 1 heterocycles. The Balaban J connectivity index is 2.52. The topological polar surface area (TPSA) is 50.9 Å². The van der Waals surface area contributed by atoms with Crippen LogP contribution in [-0.4, -0.2) is 12.0 Å². The zero-order valence-electron chi connectivity index (χ0n) is 10.1. The third-order valence-electron chi connectivity index (χ3n) is 2.73. The second-order valence-corrected chi connectivity index (χ2v) is 4.49. The summed E-state index contributed by atoms with van der Waals surface area (Å²) in [6.45, 7) is 0. The Morgan fingerprint density at radius 1 is 1.21 bits per heavy atom. The van der Waals surface area contributed by atoms with Gasteiger partial charge in [0.05, 0.1) is 11.1 Å². The molecule has 2 aromatic rings. The summed E-state index contributed by atoms with van der Waals surface area (Å²) in [7, 11) is 1.66. The van der Waals surface area contributed by atoms with Crippen LogP contribution in [0, 0.1) is 11.6 Å². The predicted octanol–water partition coefficient (Wildman–Crippen LogP) is 2.90. The minimum Gasteiger partial charge on any atom is -0.383 e. The van der Waals surface area contributed by atoms with Gasteiger partial charge in [-0.25, -0.2) is 13.8 Å². The lowest BCUT2D eigenvalue weighted by Crippen LogP contribution is -2.20. The van der Waals surface area contributed by atoms with Crippen LogP contribution in [0.25, 0.3) is 0 Å². The fraction of sp³-hybridized carbons (Fsp3) is 0.154. The van der Waals surface area contributed by atoms with Crippen molar-refractivity contribution in [2.75, 3.05) is 12.8 Å². The van der Waals surface area contributed by atoms with Crippen molar-refractivity contribution in [3.63, 3.8) is 0 Å². The van der Waals surface area contributed by atoms with Gasteiger partial charge in [0.25, 0.3) is 0 Å². The van der Waals surface area contributed by atoms with Gasteiger partial charge < -0.3 is 11.1 Å². The predicted molar refractivity (Wildman–Crippen MR) is 70.9 cm³/mol. The molecule has 19 heavy (non-hydrogen) atoms. The summed E-state index contributed by atoms with van der Waals surface area (Å²) in [5.74, 6) is -1.04. The van der Waals surface area contributed by atoms with Crippen LogP contribution in [0.4, 0.5) is 14.6 Å². The maximum Gasteiger partial charge on any atom is 0.128 e. The molecule has 1 atom stereocenters. The van der Waals surface area contributed by atoms with Crippen molar-refractivity contribution in [1.29, 1.82) is 0 Å². The number of aromatic nitrogens is 1. The number of anilines is 1. The van der Waals surface area contributed by atoms with Gasteiger partial charge in [0.2, 0.25) is 0 Å². The summed E-state index contributed by atoms with van der Waals surface area (Å²) < 4.78 is 26.6. The van der Waals surface area contributed by atoms with Crippen LogP contribution in [0.15, 0.2) is 30.5 Å². The molecule has 0 bridgehead atoms. The second-order valence-electron chi connectivity index (χ2n) is 4.05. The van der Waals surface area contributed by atoms with Crippen LogP contribution in [0.2, 0.25) is 5.02 Å². The first-order valence-electron chi connectivity index (χ1n) is 5.55. The second kappa shape index (κ2) is 5.50. The van der Waals surface area contributed by atoms with E-state index in [2.05, 4.69) is 10.3 Å². The highest BCUT2D eigenvalue weighted by Crippen LogP contribution is 2.28. The van der Waals surface area contributed by atoms with E-state index in [1.54, 1.807) is 13.1 Å². The van der Waals surface area contributed by atoms with Gasteiger partial charge in [-0.2, -0.15) is 0 Å². The van der Waals surface area contributed by atoms with Gasteiger partial charge >= 0.3 is 0 Å². The van der Waals surface area contributed by atoms with Crippen molar-refractivity contribution in [2.24, 2.45) is 0 Å². The zero-order valence-corrected chi connectivity index (χ0v) is 10.9. The first-order valence-corrected chi connectivity index (χ1v) is 5.93. The Bertz CT molecular complexity index is 584. The number of hydrogen-bond acceptors (Lipinski definition) is 3. The standard InChI is InChI=1S/C13H12ClF2N3/c1-18-12(7-2-9(15)5-10(16)3-7)11-4-8(14)6-19-13(11)17/h2-6,12,18H,1H3,(H2,17,19). The number of hydrogen-bond donors (Lipinski definition) is 2. The molecule has 1 aromatic heterocycles. The lowest BCUT2D eigenvalue weighted by molar-refractivity contribution is 0.571. The van der Waals surface area contributed by atoms with E-state index in [0.717, 1.165) is 6.07 Å². The molecule has 6 heteroatoms. The van der Waals surface area contributed by atoms with Crippen molar-refractivity contribution in [3.05, 3.63) is 58.2 Å². The van der Waals surface area contributed by atoms with Gasteiger partial charge in [0.1, 0.15) is 17.5 Å². The van der Waals surface area contributed by atoms with Gasteiger partial charge in [-0.1, -0.05) is 11.6 Å². The Morgan fingerprint density at radius 3 is 2.42 bits per heavy atom. The lowest BCUT2D eigenvalue weighted by Gasteiger charge is -2.19. The fourth-order valence-electron chi connectivity index (χ4n) is 1.94. The number of rotatable bonds is 3. The Morgan fingerprint density at radius 2 is 1.84 bits per heavy atom. The molecule has 0 fully saturated rings. The summed E-state index contributed by atoms with van der Waals surface area (Å²) >= 11 is 5.87. The van der Waals surface area contributed by atoms with Crippen LogP contribution in [0.1, 0.15) is 17.2 Å². The van der Waals surface area contributed by atoms with Crippen LogP contribution < -0.4 is 11.1 Å². The summed E-state index contributed by atoms with van der Waals surface area (Å²) in [5, 5.41) is 3.35. The number of nitrogens with zero attached hydrogens (tertiary/aromatic N) is 1. The monoisotopic (exact) mass is 283 g/mol. The molecule has 0 aliphatic rings. The molecule has 100 valence electrons. The van der Waals surface area contributed by atoms with E-state index in [4.69, 9.17) is 17.3 Å². The van der Waals surface area contributed by atoms with Crippen molar-refractivity contribution >= 4 is 17.4 Å². The third kappa shape index (κ3) is 3.00. The molecule has 1 unspecified atom stereocenters. The minimum absolute atomic E-state index is 0.258. The number of halogens is 3.